The number of amides is 1. The maximum atomic E-state index is 13.0. The Balaban J connectivity index is 1.73. The van der Waals surface area contributed by atoms with Gasteiger partial charge in [0.2, 0.25) is 5.91 Å². The molecule has 0 bridgehead atoms. The topological polar surface area (TPSA) is 69.7 Å². The van der Waals surface area contributed by atoms with Crippen molar-refractivity contribution in [1.82, 2.24) is 14.5 Å². The third-order valence-corrected chi connectivity index (χ3v) is 8.69. The van der Waals surface area contributed by atoms with Crippen LogP contribution in [0.1, 0.15) is 31.6 Å². The molecule has 3 unspecified atom stereocenters. The molecule has 3 rings (SSSR count). The number of piperazine rings is 1. The molecule has 1 N–H and O–H groups in total. The summed E-state index contributed by atoms with van der Waals surface area (Å²) in [6.07, 6.45) is 1.50. The van der Waals surface area contributed by atoms with Gasteiger partial charge in [0.1, 0.15) is 4.21 Å². The van der Waals surface area contributed by atoms with Gasteiger partial charge < -0.3 is 10.2 Å². The van der Waals surface area contributed by atoms with Crippen molar-refractivity contribution < 1.29 is 13.2 Å². The molecule has 0 saturated carbocycles. The zero-order valence-electron chi connectivity index (χ0n) is 15.1. The normalized spacial score (nSPS) is 28.9. The lowest BCUT2D eigenvalue weighted by molar-refractivity contribution is -0.140. The Hall–Kier alpha value is -0.960. The second kappa shape index (κ2) is 7.34. The lowest BCUT2D eigenvalue weighted by atomic mass is 9.96. The van der Waals surface area contributed by atoms with Gasteiger partial charge in [-0.05, 0) is 45.7 Å². The predicted octanol–water partition coefficient (Wildman–Crippen LogP) is 1.67. The van der Waals surface area contributed by atoms with Crippen LogP contribution in [0.4, 0.5) is 0 Å². The van der Waals surface area contributed by atoms with Gasteiger partial charge in [-0.3, -0.25) is 4.79 Å². The van der Waals surface area contributed by atoms with E-state index < -0.39 is 10.0 Å². The van der Waals surface area contributed by atoms with Gasteiger partial charge in [0.15, 0.2) is 0 Å². The number of rotatable bonds is 3. The summed E-state index contributed by atoms with van der Waals surface area (Å²) in [7, 11) is -3.49. The minimum Gasteiger partial charge on any atom is -0.337 e. The van der Waals surface area contributed by atoms with Gasteiger partial charge in [-0.1, -0.05) is 0 Å². The fourth-order valence-electron chi connectivity index (χ4n) is 3.64. The van der Waals surface area contributed by atoms with Gasteiger partial charge in [0, 0.05) is 43.1 Å². The van der Waals surface area contributed by atoms with E-state index in [1.807, 2.05) is 17.9 Å². The van der Waals surface area contributed by atoms with Crippen molar-refractivity contribution >= 4 is 27.3 Å². The van der Waals surface area contributed by atoms with Crippen LogP contribution in [-0.4, -0.2) is 61.8 Å². The van der Waals surface area contributed by atoms with Gasteiger partial charge in [0.05, 0.1) is 5.92 Å². The first kappa shape index (κ1) is 18.8. The Kier molecular flexibility index (Phi) is 5.53. The molecule has 0 aliphatic carbocycles. The molecule has 1 aromatic rings. The van der Waals surface area contributed by atoms with Crippen molar-refractivity contribution in [1.29, 1.82) is 0 Å². The summed E-state index contributed by atoms with van der Waals surface area (Å²) in [5.41, 5.74) is 0. The molecule has 0 radical (unpaired) electrons. The van der Waals surface area contributed by atoms with Crippen LogP contribution in [0.3, 0.4) is 0 Å². The largest absolute Gasteiger partial charge is 0.337 e. The van der Waals surface area contributed by atoms with Crippen LogP contribution < -0.4 is 5.32 Å². The first-order chi connectivity index (χ1) is 11.8. The lowest BCUT2D eigenvalue weighted by Gasteiger charge is -2.41. The summed E-state index contributed by atoms with van der Waals surface area (Å²) in [6.45, 7) is 8.32. The Morgan fingerprint density at radius 3 is 2.72 bits per heavy atom. The highest BCUT2D eigenvalue weighted by Gasteiger charge is 2.38. The average Bonchev–Trinajstić information content (AvgIpc) is 3.04. The number of aryl methyl sites for hydroxylation is 1. The molecule has 25 heavy (non-hydrogen) atoms. The molecule has 2 fully saturated rings. The van der Waals surface area contributed by atoms with Crippen LogP contribution in [-0.2, 0) is 14.8 Å². The minimum atomic E-state index is -3.49. The van der Waals surface area contributed by atoms with Crippen molar-refractivity contribution in [2.75, 3.05) is 26.2 Å². The molecule has 3 heterocycles. The van der Waals surface area contributed by atoms with Crippen molar-refractivity contribution in [3.8, 4) is 0 Å². The zero-order chi connectivity index (χ0) is 18.2. The van der Waals surface area contributed by atoms with Crippen LogP contribution >= 0.6 is 11.3 Å². The summed E-state index contributed by atoms with van der Waals surface area (Å²) in [4.78, 5) is 15.9. The smallest absolute Gasteiger partial charge is 0.252 e. The van der Waals surface area contributed by atoms with Gasteiger partial charge in [-0.15, -0.1) is 11.3 Å². The molecule has 2 saturated heterocycles. The molecule has 140 valence electrons. The number of piperidine rings is 1. The number of carbonyl (C=O) groups excluding carboxylic acids is 1. The molecule has 1 amide bonds. The number of hydrogen-bond acceptors (Lipinski definition) is 5. The van der Waals surface area contributed by atoms with E-state index in [0.717, 1.165) is 24.3 Å². The molecular formula is C17H27N3O3S2. The van der Waals surface area contributed by atoms with E-state index in [0.29, 0.717) is 23.8 Å². The Bertz CT molecular complexity index is 731. The number of sulfonamides is 1. The number of hydrogen-bond donors (Lipinski definition) is 1. The predicted molar refractivity (Wildman–Crippen MR) is 99.2 cm³/mol. The molecule has 6 nitrogen and oxygen atoms in total. The Morgan fingerprint density at radius 2 is 2.04 bits per heavy atom. The van der Waals surface area contributed by atoms with Crippen molar-refractivity contribution in [2.24, 2.45) is 5.92 Å². The molecule has 1 aromatic heterocycles. The van der Waals surface area contributed by atoms with E-state index in [4.69, 9.17) is 0 Å². The van der Waals surface area contributed by atoms with Crippen LogP contribution in [0.2, 0.25) is 0 Å². The summed E-state index contributed by atoms with van der Waals surface area (Å²) >= 11 is 1.29. The summed E-state index contributed by atoms with van der Waals surface area (Å²) in [5.74, 6) is -0.138. The minimum absolute atomic E-state index is 0.100. The summed E-state index contributed by atoms with van der Waals surface area (Å²) in [6, 6.07) is 3.89. The quantitative estimate of drug-likeness (QED) is 0.859. The summed E-state index contributed by atoms with van der Waals surface area (Å²) in [5, 5.41) is 3.38. The highest BCUT2D eigenvalue weighted by atomic mass is 32.2. The first-order valence-electron chi connectivity index (χ1n) is 8.91. The molecule has 2 aliphatic rings. The fourth-order valence-corrected chi connectivity index (χ4v) is 6.60. The van der Waals surface area contributed by atoms with Crippen molar-refractivity contribution in [2.45, 2.75) is 49.9 Å². The van der Waals surface area contributed by atoms with E-state index in [1.165, 1.54) is 15.6 Å². The van der Waals surface area contributed by atoms with Crippen LogP contribution in [0, 0.1) is 12.8 Å². The number of nitrogens with one attached hydrogen (secondary N) is 1. The summed E-state index contributed by atoms with van der Waals surface area (Å²) < 4.78 is 27.6. The standard InChI is InChI=1S/C17H27N3O3S2/c1-12-6-7-16(24-12)25(22,23)19-9-4-5-15(11-19)17(21)20-10-8-18-13(2)14(20)3/h6-7,13-15,18H,4-5,8-11H2,1-3H3. The van der Waals surface area contributed by atoms with E-state index >= 15 is 0 Å². The second-order valence-electron chi connectivity index (χ2n) is 7.08. The number of nitrogens with zero attached hydrogens (tertiary/aromatic N) is 2. The lowest BCUT2D eigenvalue weighted by Crippen LogP contribution is -2.59. The van der Waals surface area contributed by atoms with E-state index in [9.17, 15) is 13.2 Å². The van der Waals surface area contributed by atoms with Gasteiger partial charge in [-0.25, -0.2) is 8.42 Å². The zero-order valence-corrected chi connectivity index (χ0v) is 16.7. The van der Waals surface area contributed by atoms with Gasteiger partial charge in [-0.2, -0.15) is 4.31 Å². The van der Waals surface area contributed by atoms with Crippen LogP contribution in [0.5, 0.6) is 0 Å². The monoisotopic (exact) mass is 385 g/mol. The molecule has 0 spiro atoms. The number of carbonyl (C=O) groups is 1. The van der Waals surface area contributed by atoms with E-state index in [1.54, 1.807) is 6.07 Å². The van der Waals surface area contributed by atoms with Crippen molar-refractivity contribution in [3.63, 3.8) is 0 Å². The molecule has 3 atom stereocenters. The highest BCUT2D eigenvalue weighted by molar-refractivity contribution is 7.91. The van der Waals surface area contributed by atoms with Crippen LogP contribution in [0.25, 0.3) is 0 Å². The number of thiophene rings is 1. The van der Waals surface area contributed by atoms with Crippen LogP contribution in [0.15, 0.2) is 16.3 Å². The first-order valence-corrected chi connectivity index (χ1v) is 11.2. The SMILES string of the molecule is Cc1ccc(S(=O)(=O)N2CCCC(C(=O)N3CCNC(C)C3C)C2)s1. The van der Waals surface area contributed by atoms with Gasteiger partial charge >= 0.3 is 0 Å². The molecule has 8 heteroatoms. The Labute approximate surface area is 154 Å². The fraction of sp³-hybridized carbons (Fsp3) is 0.706. The third kappa shape index (κ3) is 3.77. The average molecular weight is 386 g/mol. The third-order valence-electron chi connectivity index (χ3n) is 5.36. The molecule has 2 aliphatic heterocycles. The molecular weight excluding hydrogens is 358 g/mol. The maximum Gasteiger partial charge on any atom is 0.252 e. The highest BCUT2D eigenvalue weighted by Crippen LogP contribution is 2.29. The van der Waals surface area contributed by atoms with Gasteiger partial charge in [0.25, 0.3) is 10.0 Å². The second-order valence-corrected chi connectivity index (χ2v) is 10.5. The van der Waals surface area contributed by atoms with E-state index in [-0.39, 0.29) is 23.9 Å². The van der Waals surface area contributed by atoms with Crippen molar-refractivity contribution in [3.05, 3.63) is 17.0 Å². The van der Waals surface area contributed by atoms with E-state index in [2.05, 4.69) is 19.2 Å². The Morgan fingerprint density at radius 1 is 1.28 bits per heavy atom. The maximum absolute atomic E-state index is 13.0. The molecule has 0 aromatic carbocycles.